The molecule has 1 heterocycles. The number of amides is 2. The summed E-state index contributed by atoms with van der Waals surface area (Å²) >= 11 is 5.55. The molecule has 0 atom stereocenters. The number of piperidine rings is 1. The summed E-state index contributed by atoms with van der Waals surface area (Å²) in [6, 6.07) is 7.82. The van der Waals surface area contributed by atoms with Crippen molar-refractivity contribution in [3.8, 4) is 5.75 Å². The zero-order chi connectivity index (χ0) is 16.7. The van der Waals surface area contributed by atoms with Gasteiger partial charge in [-0.15, -0.1) is 11.6 Å². The van der Waals surface area contributed by atoms with Gasteiger partial charge in [0, 0.05) is 19.1 Å². The second kappa shape index (κ2) is 8.77. The van der Waals surface area contributed by atoms with Gasteiger partial charge in [0.05, 0.1) is 0 Å². The van der Waals surface area contributed by atoms with E-state index in [0.717, 1.165) is 30.6 Å². The maximum atomic E-state index is 12.0. The number of carbonyl (C=O) groups is 2. The van der Waals surface area contributed by atoms with Crippen LogP contribution in [-0.2, 0) is 16.0 Å². The van der Waals surface area contributed by atoms with Gasteiger partial charge in [-0.25, -0.2) is 0 Å². The molecule has 0 saturated carbocycles. The monoisotopic (exact) mass is 338 g/mol. The first-order valence-corrected chi connectivity index (χ1v) is 8.51. The number of rotatable bonds is 6. The number of carbonyl (C=O) groups excluding carboxylic acids is 2. The van der Waals surface area contributed by atoms with E-state index in [1.54, 1.807) is 4.90 Å². The summed E-state index contributed by atoms with van der Waals surface area (Å²) in [7, 11) is 0. The lowest BCUT2D eigenvalue weighted by Gasteiger charge is -2.32. The minimum absolute atomic E-state index is 0.0117. The van der Waals surface area contributed by atoms with Crippen LogP contribution in [-0.4, -0.2) is 48.3 Å². The second-order valence-electron chi connectivity index (χ2n) is 5.61. The molecule has 5 nitrogen and oxygen atoms in total. The predicted molar refractivity (Wildman–Crippen MR) is 89.8 cm³/mol. The van der Waals surface area contributed by atoms with E-state index in [2.05, 4.69) is 12.2 Å². The third-order valence-corrected chi connectivity index (χ3v) is 4.27. The van der Waals surface area contributed by atoms with E-state index in [1.807, 2.05) is 24.3 Å². The van der Waals surface area contributed by atoms with Gasteiger partial charge in [-0.3, -0.25) is 9.59 Å². The average molecular weight is 339 g/mol. The van der Waals surface area contributed by atoms with Gasteiger partial charge in [-0.05, 0) is 30.9 Å². The maximum Gasteiger partial charge on any atom is 0.258 e. The Kier molecular flexibility index (Phi) is 6.71. The van der Waals surface area contributed by atoms with E-state index in [9.17, 15) is 9.59 Å². The molecule has 0 bridgehead atoms. The Bertz CT molecular complexity index is 542. The number of aryl methyl sites for hydroxylation is 1. The molecule has 1 fully saturated rings. The maximum absolute atomic E-state index is 12.0. The van der Waals surface area contributed by atoms with Crippen molar-refractivity contribution in [3.05, 3.63) is 29.8 Å². The smallest absolute Gasteiger partial charge is 0.258 e. The zero-order valence-corrected chi connectivity index (χ0v) is 14.1. The van der Waals surface area contributed by atoms with E-state index in [0.29, 0.717) is 13.1 Å². The lowest BCUT2D eigenvalue weighted by Crippen LogP contribution is -2.47. The molecular weight excluding hydrogens is 316 g/mol. The molecule has 1 aromatic carbocycles. The van der Waals surface area contributed by atoms with Crippen molar-refractivity contribution in [1.29, 1.82) is 0 Å². The first kappa shape index (κ1) is 17.6. The van der Waals surface area contributed by atoms with E-state index in [1.165, 1.54) is 0 Å². The lowest BCUT2D eigenvalue weighted by atomic mass is 10.1. The Balaban J connectivity index is 1.74. The van der Waals surface area contributed by atoms with Crippen LogP contribution in [0.1, 0.15) is 25.3 Å². The molecule has 0 aliphatic carbocycles. The fourth-order valence-corrected chi connectivity index (χ4v) is 2.88. The van der Waals surface area contributed by atoms with Crippen LogP contribution in [0.25, 0.3) is 0 Å². The Hall–Kier alpha value is -1.75. The van der Waals surface area contributed by atoms with Gasteiger partial charge < -0.3 is 15.0 Å². The molecule has 0 spiro atoms. The van der Waals surface area contributed by atoms with Crippen LogP contribution in [0, 0.1) is 0 Å². The zero-order valence-electron chi connectivity index (χ0n) is 13.4. The average Bonchev–Trinajstić information content (AvgIpc) is 2.60. The summed E-state index contributed by atoms with van der Waals surface area (Å²) < 4.78 is 5.61. The molecule has 6 heteroatoms. The van der Waals surface area contributed by atoms with Crippen LogP contribution in [0.15, 0.2) is 24.3 Å². The van der Waals surface area contributed by atoms with Gasteiger partial charge in [-0.1, -0.05) is 25.1 Å². The molecule has 2 rings (SSSR count). The molecule has 1 aromatic rings. The molecule has 126 valence electrons. The molecule has 23 heavy (non-hydrogen) atoms. The minimum atomic E-state index is -0.127. The highest BCUT2D eigenvalue weighted by molar-refractivity contribution is 6.27. The highest BCUT2D eigenvalue weighted by atomic mass is 35.5. The van der Waals surface area contributed by atoms with Crippen LogP contribution in [0.2, 0.25) is 0 Å². The Morgan fingerprint density at radius 2 is 2.00 bits per heavy atom. The molecule has 0 unspecified atom stereocenters. The van der Waals surface area contributed by atoms with Crippen LogP contribution in [0.5, 0.6) is 5.75 Å². The summed E-state index contributed by atoms with van der Waals surface area (Å²) in [5, 5.41) is 2.97. The molecule has 2 amide bonds. The standard InChI is InChI=1S/C17H23ClN2O3/c1-2-13-5-3-4-6-15(13)23-12-16(21)19-14-7-9-20(10-8-14)17(22)11-18/h3-6,14H,2,7-12H2,1H3,(H,19,21). The van der Waals surface area contributed by atoms with E-state index in [-0.39, 0.29) is 30.3 Å². The summed E-state index contributed by atoms with van der Waals surface area (Å²) in [6.45, 7) is 3.34. The normalized spacial score (nSPS) is 15.3. The van der Waals surface area contributed by atoms with Crippen LogP contribution < -0.4 is 10.1 Å². The molecular formula is C17H23ClN2O3. The third-order valence-electron chi connectivity index (χ3n) is 4.04. The molecule has 1 aliphatic rings. The fourth-order valence-electron chi connectivity index (χ4n) is 2.71. The lowest BCUT2D eigenvalue weighted by molar-refractivity contribution is -0.129. The quantitative estimate of drug-likeness (QED) is 0.807. The summed E-state index contributed by atoms with van der Waals surface area (Å²) in [6.07, 6.45) is 2.37. The summed E-state index contributed by atoms with van der Waals surface area (Å²) in [5.74, 6) is 0.600. The highest BCUT2D eigenvalue weighted by Gasteiger charge is 2.23. The van der Waals surface area contributed by atoms with E-state index in [4.69, 9.17) is 16.3 Å². The number of likely N-dealkylation sites (tertiary alicyclic amines) is 1. The van der Waals surface area contributed by atoms with Gasteiger partial charge in [0.2, 0.25) is 5.91 Å². The largest absolute Gasteiger partial charge is 0.483 e. The number of halogens is 1. The molecule has 1 aliphatic heterocycles. The van der Waals surface area contributed by atoms with Crippen LogP contribution in [0.4, 0.5) is 0 Å². The second-order valence-corrected chi connectivity index (χ2v) is 5.87. The van der Waals surface area contributed by atoms with Crippen molar-refractivity contribution < 1.29 is 14.3 Å². The van der Waals surface area contributed by atoms with Crippen molar-refractivity contribution >= 4 is 23.4 Å². The topological polar surface area (TPSA) is 58.6 Å². The van der Waals surface area contributed by atoms with Gasteiger partial charge in [0.1, 0.15) is 11.6 Å². The Morgan fingerprint density at radius 1 is 1.30 bits per heavy atom. The number of ether oxygens (including phenoxy) is 1. The number of nitrogens with one attached hydrogen (secondary N) is 1. The molecule has 0 aromatic heterocycles. The SMILES string of the molecule is CCc1ccccc1OCC(=O)NC1CCN(C(=O)CCl)CC1. The first-order valence-electron chi connectivity index (χ1n) is 7.97. The van der Waals surface area contributed by atoms with Crippen molar-refractivity contribution in [1.82, 2.24) is 10.2 Å². The van der Waals surface area contributed by atoms with Gasteiger partial charge in [0.25, 0.3) is 5.91 Å². The van der Waals surface area contributed by atoms with Crippen LogP contribution >= 0.6 is 11.6 Å². The molecule has 0 radical (unpaired) electrons. The molecule has 1 saturated heterocycles. The first-order chi connectivity index (χ1) is 11.1. The van der Waals surface area contributed by atoms with E-state index < -0.39 is 0 Å². The third kappa shape index (κ3) is 5.13. The number of para-hydroxylation sites is 1. The number of alkyl halides is 1. The highest BCUT2D eigenvalue weighted by Crippen LogP contribution is 2.18. The van der Waals surface area contributed by atoms with Gasteiger partial charge >= 0.3 is 0 Å². The van der Waals surface area contributed by atoms with Crippen LogP contribution in [0.3, 0.4) is 0 Å². The number of hydrogen-bond donors (Lipinski definition) is 1. The fraction of sp³-hybridized carbons (Fsp3) is 0.529. The molecule has 1 N–H and O–H groups in total. The van der Waals surface area contributed by atoms with Crippen molar-refractivity contribution in [3.63, 3.8) is 0 Å². The number of benzene rings is 1. The summed E-state index contributed by atoms with van der Waals surface area (Å²) in [4.78, 5) is 25.3. The Morgan fingerprint density at radius 3 is 2.65 bits per heavy atom. The van der Waals surface area contributed by atoms with Gasteiger partial charge in [0.15, 0.2) is 6.61 Å². The van der Waals surface area contributed by atoms with E-state index >= 15 is 0 Å². The van der Waals surface area contributed by atoms with Crippen molar-refractivity contribution in [2.45, 2.75) is 32.2 Å². The predicted octanol–water partition coefficient (Wildman–Crippen LogP) is 1.97. The summed E-state index contributed by atoms with van der Waals surface area (Å²) in [5.41, 5.74) is 1.09. The van der Waals surface area contributed by atoms with Crippen molar-refractivity contribution in [2.24, 2.45) is 0 Å². The Labute approximate surface area is 141 Å². The number of nitrogens with zero attached hydrogens (tertiary/aromatic N) is 1. The minimum Gasteiger partial charge on any atom is -0.483 e. The van der Waals surface area contributed by atoms with Gasteiger partial charge in [-0.2, -0.15) is 0 Å². The number of hydrogen-bond acceptors (Lipinski definition) is 3. The van der Waals surface area contributed by atoms with Crippen molar-refractivity contribution in [2.75, 3.05) is 25.6 Å².